The lowest BCUT2D eigenvalue weighted by Gasteiger charge is -2.09. The molecule has 0 unspecified atom stereocenters. The number of ether oxygens (including phenoxy) is 1. The summed E-state index contributed by atoms with van der Waals surface area (Å²) in [4.78, 5) is 29.4. The number of hydrogen-bond donors (Lipinski definition) is 1. The second-order valence-electron chi connectivity index (χ2n) is 6.31. The summed E-state index contributed by atoms with van der Waals surface area (Å²) < 4.78 is 6.24. The van der Waals surface area contributed by atoms with E-state index in [9.17, 15) is 9.59 Å². The molecule has 0 saturated carbocycles. The standard InChI is InChI=1S/C22H14Cl2N2O3S/c23-13-9-14(24)11-15(10-13)25-20(27)12-29-22(28)17-6-2-1-5-16(17)21-26-18-7-3-4-8-19(18)30-21/h1-11H,12H2,(H,25,27). The zero-order chi connectivity index (χ0) is 21.1. The van der Waals surface area contributed by atoms with E-state index < -0.39 is 18.5 Å². The minimum atomic E-state index is -0.607. The van der Waals surface area contributed by atoms with Crippen LogP contribution in [-0.4, -0.2) is 23.5 Å². The Balaban J connectivity index is 1.48. The summed E-state index contributed by atoms with van der Waals surface area (Å²) in [5, 5.41) is 4.09. The molecule has 1 heterocycles. The van der Waals surface area contributed by atoms with Crippen LogP contribution in [0, 0.1) is 0 Å². The van der Waals surface area contributed by atoms with Gasteiger partial charge >= 0.3 is 5.97 Å². The Hall–Kier alpha value is -2.93. The summed E-state index contributed by atoms with van der Waals surface area (Å²) >= 11 is 13.3. The first-order valence-corrected chi connectivity index (χ1v) is 10.4. The van der Waals surface area contributed by atoms with Gasteiger partial charge in [-0.15, -0.1) is 11.3 Å². The average molecular weight is 457 g/mol. The van der Waals surface area contributed by atoms with Crippen LogP contribution >= 0.6 is 34.5 Å². The summed E-state index contributed by atoms with van der Waals surface area (Å²) in [6.45, 7) is -0.447. The first kappa shape index (κ1) is 20.3. The molecular formula is C22H14Cl2N2O3S. The molecule has 0 spiro atoms. The molecular weight excluding hydrogens is 443 g/mol. The maximum atomic E-state index is 12.7. The van der Waals surface area contributed by atoms with Crippen LogP contribution in [0.2, 0.25) is 10.0 Å². The Morgan fingerprint density at radius 1 is 0.967 bits per heavy atom. The first-order valence-electron chi connectivity index (χ1n) is 8.87. The Kier molecular flexibility index (Phi) is 5.99. The lowest BCUT2D eigenvalue weighted by atomic mass is 10.1. The number of esters is 1. The predicted molar refractivity (Wildman–Crippen MR) is 120 cm³/mol. The Morgan fingerprint density at radius 3 is 2.43 bits per heavy atom. The van der Waals surface area contributed by atoms with Gasteiger partial charge in [0.05, 0.1) is 15.8 Å². The van der Waals surface area contributed by atoms with Crippen LogP contribution in [0.3, 0.4) is 0 Å². The Bertz CT molecular complexity index is 1200. The van der Waals surface area contributed by atoms with Gasteiger partial charge in [-0.1, -0.05) is 53.5 Å². The fourth-order valence-electron chi connectivity index (χ4n) is 2.87. The van der Waals surface area contributed by atoms with Crippen molar-refractivity contribution in [2.45, 2.75) is 0 Å². The van der Waals surface area contributed by atoms with Gasteiger partial charge in [0.25, 0.3) is 5.91 Å². The van der Waals surface area contributed by atoms with E-state index in [4.69, 9.17) is 27.9 Å². The molecule has 8 heteroatoms. The van der Waals surface area contributed by atoms with E-state index in [1.165, 1.54) is 11.3 Å². The van der Waals surface area contributed by atoms with Gasteiger partial charge < -0.3 is 10.1 Å². The van der Waals surface area contributed by atoms with Crippen LogP contribution in [0.4, 0.5) is 5.69 Å². The molecule has 0 atom stereocenters. The summed E-state index contributed by atoms with van der Waals surface area (Å²) in [6, 6.07) is 19.4. The number of nitrogens with one attached hydrogen (secondary N) is 1. The zero-order valence-corrected chi connectivity index (χ0v) is 17.7. The van der Waals surface area contributed by atoms with E-state index in [2.05, 4.69) is 10.3 Å². The number of benzene rings is 3. The third-order valence-corrected chi connectivity index (χ3v) is 5.66. The largest absolute Gasteiger partial charge is 0.452 e. The van der Waals surface area contributed by atoms with Crippen molar-refractivity contribution < 1.29 is 14.3 Å². The summed E-state index contributed by atoms with van der Waals surface area (Å²) in [6.07, 6.45) is 0. The average Bonchev–Trinajstić information content (AvgIpc) is 3.15. The molecule has 0 aliphatic heterocycles. The number of hydrogen-bond acceptors (Lipinski definition) is 5. The summed E-state index contributed by atoms with van der Waals surface area (Å²) in [7, 11) is 0. The topological polar surface area (TPSA) is 68.3 Å². The van der Waals surface area contributed by atoms with E-state index in [1.54, 1.807) is 30.3 Å². The highest BCUT2D eigenvalue weighted by molar-refractivity contribution is 7.21. The number of halogens is 2. The quantitative estimate of drug-likeness (QED) is 0.370. The number of carbonyl (C=O) groups is 2. The third-order valence-electron chi connectivity index (χ3n) is 4.15. The summed E-state index contributed by atoms with van der Waals surface area (Å²) in [5.74, 6) is -1.11. The maximum absolute atomic E-state index is 12.7. The number of fused-ring (bicyclic) bond motifs is 1. The SMILES string of the molecule is O=C(COC(=O)c1ccccc1-c1nc2ccccc2s1)Nc1cc(Cl)cc(Cl)c1. The van der Waals surface area contributed by atoms with Gasteiger partial charge in [0.1, 0.15) is 5.01 Å². The molecule has 1 aromatic heterocycles. The van der Waals surface area contributed by atoms with E-state index >= 15 is 0 Å². The van der Waals surface area contributed by atoms with Crippen molar-refractivity contribution in [3.05, 3.63) is 82.3 Å². The Labute approximate surface area is 186 Å². The van der Waals surface area contributed by atoms with Crippen molar-refractivity contribution in [2.75, 3.05) is 11.9 Å². The number of anilines is 1. The lowest BCUT2D eigenvalue weighted by Crippen LogP contribution is -2.21. The molecule has 0 aliphatic rings. The summed E-state index contributed by atoms with van der Waals surface area (Å²) in [5.41, 5.74) is 2.28. The molecule has 0 fully saturated rings. The molecule has 5 nitrogen and oxygen atoms in total. The fourth-order valence-corrected chi connectivity index (χ4v) is 4.40. The predicted octanol–water partition coefficient (Wildman–Crippen LogP) is 6.07. The van der Waals surface area contributed by atoms with Crippen molar-refractivity contribution in [1.82, 2.24) is 4.98 Å². The molecule has 150 valence electrons. The lowest BCUT2D eigenvalue weighted by molar-refractivity contribution is -0.119. The molecule has 4 aromatic rings. The van der Waals surface area contributed by atoms with Crippen molar-refractivity contribution >= 4 is 62.3 Å². The molecule has 30 heavy (non-hydrogen) atoms. The van der Waals surface area contributed by atoms with Gasteiger partial charge in [-0.25, -0.2) is 9.78 Å². The van der Waals surface area contributed by atoms with E-state index in [0.29, 0.717) is 31.9 Å². The van der Waals surface area contributed by atoms with Gasteiger partial charge in [0.2, 0.25) is 0 Å². The number of thiazole rings is 1. The number of carbonyl (C=O) groups excluding carboxylic acids is 2. The second-order valence-corrected chi connectivity index (χ2v) is 8.22. The normalized spacial score (nSPS) is 10.7. The van der Waals surface area contributed by atoms with Gasteiger partial charge in [0, 0.05) is 21.3 Å². The van der Waals surface area contributed by atoms with Crippen LogP contribution in [0.1, 0.15) is 10.4 Å². The molecule has 3 aromatic carbocycles. The van der Waals surface area contributed by atoms with Crippen LogP contribution < -0.4 is 5.32 Å². The molecule has 4 rings (SSSR count). The Morgan fingerprint density at radius 2 is 1.67 bits per heavy atom. The molecule has 0 aliphatic carbocycles. The second kappa shape index (κ2) is 8.83. The van der Waals surface area contributed by atoms with E-state index in [1.807, 2.05) is 36.4 Å². The van der Waals surface area contributed by atoms with Gasteiger partial charge in [-0.3, -0.25) is 4.79 Å². The smallest absolute Gasteiger partial charge is 0.339 e. The van der Waals surface area contributed by atoms with E-state index in [-0.39, 0.29) is 0 Å². The first-order chi connectivity index (χ1) is 14.5. The van der Waals surface area contributed by atoms with Crippen LogP contribution in [0.25, 0.3) is 20.8 Å². The number of para-hydroxylation sites is 1. The van der Waals surface area contributed by atoms with Crippen molar-refractivity contribution in [3.63, 3.8) is 0 Å². The highest BCUT2D eigenvalue weighted by Crippen LogP contribution is 2.32. The fraction of sp³-hybridized carbons (Fsp3) is 0.0455. The number of nitrogens with zero attached hydrogens (tertiary/aromatic N) is 1. The zero-order valence-electron chi connectivity index (χ0n) is 15.4. The highest BCUT2D eigenvalue weighted by atomic mass is 35.5. The number of amides is 1. The number of rotatable bonds is 5. The van der Waals surface area contributed by atoms with Gasteiger partial charge in [-0.05, 0) is 36.4 Å². The molecule has 1 amide bonds. The van der Waals surface area contributed by atoms with Crippen molar-refractivity contribution in [2.24, 2.45) is 0 Å². The molecule has 0 bridgehead atoms. The maximum Gasteiger partial charge on any atom is 0.339 e. The monoisotopic (exact) mass is 456 g/mol. The van der Waals surface area contributed by atoms with Gasteiger partial charge in [0.15, 0.2) is 6.61 Å². The van der Waals surface area contributed by atoms with Crippen molar-refractivity contribution in [3.8, 4) is 10.6 Å². The van der Waals surface area contributed by atoms with Crippen molar-refractivity contribution in [1.29, 1.82) is 0 Å². The minimum Gasteiger partial charge on any atom is -0.452 e. The minimum absolute atomic E-state index is 0.343. The third kappa shape index (κ3) is 4.62. The molecule has 1 N–H and O–H groups in total. The van der Waals surface area contributed by atoms with Crippen LogP contribution in [0.5, 0.6) is 0 Å². The van der Waals surface area contributed by atoms with E-state index in [0.717, 1.165) is 10.2 Å². The van der Waals surface area contributed by atoms with Crippen LogP contribution in [-0.2, 0) is 9.53 Å². The molecule has 0 saturated heterocycles. The van der Waals surface area contributed by atoms with Crippen LogP contribution in [0.15, 0.2) is 66.7 Å². The molecule has 0 radical (unpaired) electrons. The highest BCUT2D eigenvalue weighted by Gasteiger charge is 2.18. The number of aromatic nitrogens is 1. The van der Waals surface area contributed by atoms with Gasteiger partial charge in [-0.2, -0.15) is 0 Å².